The van der Waals surface area contributed by atoms with E-state index in [0.717, 1.165) is 25.7 Å². The van der Waals surface area contributed by atoms with Gasteiger partial charge in [0.25, 0.3) is 0 Å². The number of amides is 2. The van der Waals surface area contributed by atoms with Gasteiger partial charge in [-0.1, -0.05) is 32.6 Å². The smallest absolute Gasteiger partial charge is 0.404 e. The number of carboxylic acid groups (broad SMARTS) is 1. The number of aryl methyl sites for hydroxylation is 1. The standard InChI is InChI=1S/C20H31FN6O4/c1-11-9-27(10-15(11)28)18-16(21)17(23-12(2)24-18)25-26-19(29)14(8-22-20(30)31)7-13-5-3-4-6-13/h11,13-15,22,28H,3-10H2,1-2H3,(H,26,29)(H,30,31)(H,23,24,25)/t11-,14+,15+/m0/s1. The monoisotopic (exact) mass is 438 g/mol. The van der Waals surface area contributed by atoms with E-state index in [4.69, 9.17) is 5.11 Å². The van der Waals surface area contributed by atoms with Crippen LogP contribution in [0.2, 0.25) is 0 Å². The zero-order valence-electron chi connectivity index (χ0n) is 17.9. The van der Waals surface area contributed by atoms with Crippen molar-refractivity contribution in [2.75, 3.05) is 30.0 Å². The Kier molecular flexibility index (Phi) is 7.47. The molecule has 2 amide bonds. The fraction of sp³-hybridized carbons (Fsp3) is 0.700. The lowest BCUT2D eigenvalue weighted by atomic mass is 9.92. The van der Waals surface area contributed by atoms with E-state index in [1.54, 1.807) is 11.8 Å². The van der Waals surface area contributed by atoms with Crippen LogP contribution in [-0.2, 0) is 4.79 Å². The van der Waals surface area contributed by atoms with Crippen LogP contribution >= 0.6 is 0 Å². The van der Waals surface area contributed by atoms with Crippen LogP contribution in [0.25, 0.3) is 0 Å². The first kappa shape index (κ1) is 23.0. The summed E-state index contributed by atoms with van der Waals surface area (Å²) in [6.45, 7) is 4.21. The molecule has 1 saturated heterocycles. The number of anilines is 2. The number of hydrazine groups is 1. The number of nitrogens with one attached hydrogen (secondary N) is 3. The average Bonchev–Trinajstić information content (AvgIpc) is 3.34. The highest BCUT2D eigenvalue weighted by Crippen LogP contribution is 2.31. The van der Waals surface area contributed by atoms with Crippen LogP contribution in [0.15, 0.2) is 0 Å². The van der Waals surface area contributed by atoms with Gasteiger partial charge < -0.3 is 20.4 Å². The third kappa shape index (κ3) is 5.93. The second-order valence-electron chi connectivity index (χ2n) is 8.59. The van der Waals surface area contributed by atoms with Crippen LogP contribution < -0.4 is 21.1 Å². The second kappa shape index (κ2) is 10.1. The van der Waals surface area contributed by atoms with Crippen LogP contribution in [0.5, 0.6) is 0 Å². The van der Waals surface area contributed by atoms with Crippen LogP contribution in [-0.4, -0.2) is 57.9 Å². The Morgan fingerprint density at radius 2 is 1.97 bits per heavy atom. The lowest BCUT2D eigenvalue weighted by Gasteiger charge is -2.22. The van der Waals surface area contributed by atoms with Gasteiger partial charge in [-0.25, -0.2) is 14.8 Å². The van der Waals surface area contributed by atoms with Crippen LogP contribution in [0.4, 0.5) is 20.8 Å². The van der Waals surface area contributed by atoms with E-state index in [0.29, 0.717) is 24.7 Å². The van der Waals surface area contributed by atoms with Gasteiger partial charge in [0.05, 0.1) is 12.0 Å². The summed E-state index contributed by atoms with van der Waals surface area (Å²) in [7, 11) is 0. The number of rotatable bonds is 8. The lowest BCUT2D eigenvalue weighted by molar-refractivity contribution is -0.124. The summed E-state index contributed by atoms with van der Waals surface area (Å²) in [4.78, 5) is 33.5. The average molecular weight is 439 g/mol. The molecule has 1 aliphatic carbocycles. The molecular weight excluding hydrogens is 407 g/mol. The minimum atomic E-state index is -1.19. The topological polar surface area (TPSA) is 140 Å². The Labute approximate surface area is 180 Å². The number of carbonyl (C=O) groups is 2. The number of hydrogen-bond donors (Lipinski definition) is 5. The van der Waals surface area contributed by atoms with Crippen molar-refractivity contribution >= 4 is 23.6 Å². The summed E-state index contributed by atoms with van der Waals surface area (Å²) in [5.41, 5.74) is 5.02. The maximum Gasteiger partial charge on any atom is 0.404 e. The van der Waals surface area contributed by atoms with E-state index in [1.807, 2.05) is 6.92 Å². The zero-order valence-corrected chi connectivity index (χ0v) is 17.9. The van der Waals surface area contributed by atoms with Gasteiger partial charge in [-0.3, -0.25) is 15.6 Å². The molecule has 3 rings (SSSR count). The van der Waals surface area contributed by atoms with Crippen LogP contribution in [0, 0.1) is 30.5 Å². The number of halogens is 1. The van der Waals surface area contributed by atoms with Gasteiger partial charge >= 0.3 is 6.09 Å². The minimum Gasteiger partial charge on any atom is -0.465 e. The number of aromatic nitrogens is 2. The number of nitrogens with zero attached hydrogens (tertiary/aromatic N) is 3. The van der Waals surface area contributed by atoms with Crippen molar-refractivity contribution in [2.24, 2.45) is 17.8 Å². The molecule has 31 heavy (non-hydrogen) atoms. The van der Waals surface area contributed by atoms with E-state index in [1.165, 1.54) is 0 Å². The molecule has 0 aromatic carbocycles. The highest BCUT2D eigenvalue weighted by atomic mass is 19.1. The van der Waals surface area contributed by atoms with E-state index < -0.39 is 29.8 Å². The van der Waals surface area contributed by atoms with Gasteiger partial charge in [0.1, 0.15) is 5.82 Å². The number of aliphatic hydroxyl groups is 1. The highest BCUT2D eigenvalue weighted by Gasteiger charge is 2.32. The van der Waals surface area contributed by atoms with Gasteiger partial charge in [-0.15, -0.1) is 0 Å². The maximum atomic E-state index is 15.0. The summed E-state index contributed by atoms with van der Waals surface area (Å²) in [6.07, 6.45) is 3.07. The molecule has 11 heteroatoms. The fourth-order valence-electron chi connectivity index (χ4n) is 4.32. The van der Waals surface area contributed by atoms with Gasteiger partial charge in [0.15, 0.2) is 11.6 Å². The quantitative estimate of drug-likeness (QED) is 0.386. The molecule has 0 spiro atoms. The summed E-state index contributed by atoms with van der Waals surface area (Å²) < 4.78 is 15.0. The molecule has 10 nitrogen and oxygen atoms in total. The fourth-order valence-corrected chi connectivity index (χ4v) is 4.32. The summed E-state index contributed by atoms with van der Waals surface area (Å²) in [6, 6.07) is 0. The van der Waals surface area contributed by atoms with Crippen molar-refractivity contribution in [1.82, 2.24) is 20.7 Å². The summed E-state index contributed by atoms with van der Waals surface area (Å²) in [5.74, 6) is -1.14. The maximum absolute atomic E-state index is 15.0. The van der Waals surface area contributed by atoms with Crippen molar-refractivity contribution < 1.29 is 24.2 Å². The first-order valence-electron chi connectivity index (χ1n) is 10.7. The highest BCUT2D eigenvalue weighted by molar-refractivity contribution is 5.80. The predicted molar refractivity (Wildman–Crippen MR) is 112 cm³/mol. The molecule has 3 atom stereocenters. The third-order valence-corrected chi connectivity index (χ3v) is 6.08. The molecule has 1 saturated carbocycles. The summed E-state index contributed by atoms with van der Waals surface area (Å²) >= 11 is 0. The molecular formula is C20H31FN6O4. The molecule has 0 radical (unpaired) electrons. The molecule has 2 heterocycles. The van der Waals surface area contributed by atoms with E-state index in [2.05, 4.69) is 26.1 Å². The Morgan fingerprint density at radius 3 is 2.58 bits per heavy atom. The molecule has 1 aromatic rings. The first-order chi connectivity index (χ1) is 14.7. The van der Waals surface area contributed by atoms with Gasteiger partial charge in [0.2, 0.25) is 11.7 Å². The molecule has 2 aliphatic rings. The molecule has 2 fully saturated rings. The lowest BCUT2D eigenvalue weighted by Crippen LogP contribution is -2.42. The van der Waals surface area contributed by atoms with Crippen molar-refractivity contribution in [3.63, 3.8) is 0 Å². The van der Waals surface area contributed by atoms with Crippen LogP contribution in [0.3, 0.4) is 0 Å². The number of β-amino-alcohol motifs (C(OH)–C–C–N with tert-alkyl or cyclic N) is 1. The predicted octanol–water partition coefficient (Wildman–Crippen LogP) is 1.65. The molecule has 172 valence electrons. The minimum absolute atomic E-state index is 0.0103. The number of aliphatic hydroxyl groups excluding tert-OH is 1. The number of carbonyl (C=O) groups excluding carboxylic acids is 1. The normalized spacial score (nSPS) is 22.4. The second-order valence-corrected chi connectivity index (χ2v) is 8.59. The SMILES string of the molecule is Cc1nc(NNC(=O)[C@@H](CNC(=O)O)CC2CCCC2)c(F)c(N2C[C@@H](O)[C@@H](C)C2)n1. The van der Waals surface area contributed by atoms with Crippen molar-refractivity contribution in [3.8, 4) is 0 Å². The molecule has 0 unspecified atom stereocenters. The van der Waals surface area contributed by atoms with E-state index >= 15 is 4.39 Å². The Balaban J connectivity index is 1.67. The zero-order chi connectivity index (χ0) is 22.5. The molecule has 0 bridgehead atoms. The van der Waals surface area contributed by atoms with Crippen LogP contribution in [0.1, 0.15) is 44.9 Å². The Morgan fingerprint density at radius 1 is 1.26 bits per heavy atom. The Bertz CT molecular complexity index is 794. The third-order valence-electron chi connectivity index (χ3n) is 6.08. The molecule has 1 aliphatic heterocycles. The largest absolute Gasteiger partial charge is 0.465 e. The first-order valence-corrected chi connectivity index (χ1v) is 10.7. The van der Waals surface area contributed by atoms with Gasteiger partial charge in [-0.05, 0) is 19.3 Å². The summed E-state index contributed by atoms with van der Waals surface area (Å²) in [5, 5.41) is 21.2. The number of hydrogen-bond acceptors (Lipinski definition) is 7. The van der Waals surface area contributed by atoms with Crippen molar-refractivity contribution in [2.45, 2.75) is 52.1 Å². The van der Waals surface area contributed by atoms with E-state index in [9.17, 15) is 14.7 Å². The van der Waals surface area contributed by atoms with Crippen molar-refractivity contribution in [3.05, 3.63) is 11.6 Å². The molecule has 1 aromatic heterocycles. The van der Waals surface area contributed by atoms with Crippen molar-refractivity contribution in [1.29, 1.82) is 0 Å². The Hall–Kier alpha value is -2.69. The van der Waals surface area contributed by atoms with Gasteiger partial charge in [0, 0.05) is 25.6 Å². The molecule has 5 N–H and O–H groups in total. The van der Waals surface area contributed by atoms with E-state index in [-0.39, 0.29) is 30.6 Å². The van der Waals surface area contributed by atoms with Gasteiger partial charge in [-0.2, -0.15) is 4.39 Å².